The molecule has 0 aliphatic carbocycles. The zero-order valence-corrected chi connectivity index (χ0v) is 12.1. The summed E-state index contributed by atoms with van der Waals surface area (Å²) in [5.74, 6) is -0.448. The van der Waals surface area contributed by atoms with Crippen LogP contribution in [0.25, 0.3) is 0 Å². The number of benzene rings is 2. The van der Waals surface area contributed by atoms with Crippen LogP contribution in [0.15, 0.2) is 36.4 Å². The highest BCUT2D eigenvalue weighted by molar-refractivity contribution is 6.32. The minimum absolute atomic E-state index is 0.0994. The summed E-state index contributed by atoms with van der Waals surface area (Å²) in [5, 5.41) is 12.5. The smallest absolute Gasteiger partial charge is 0.142 e. The predicted octanol–water partition coefficient (Wildman–Crippen LogP) is 5.18. The van der Waals surface area contributed by atoms with Gasteiger partial charge in [0, 0.05) is 11.7 Å². The van der Waals surface area contributed by atoms with E-state index in [0.29, 0.717) is 10.6 Å². The maximum atomic E-state index is 13.4. The molecular formula is C15H11Cl2FN2. The van der Waals surface area contributed by atoms with Gasteiger partial charge in [-0.1, -0.05) is 29.3 Å². The minimum atomic E-state index is -0.448. The number of halogens is 3. The van der Waals surface area contributed by atoms with Crippen LogP contribution in [0, 0.1) is 17.1 Å². The highest BCUT2D eigenvalue weighted by Crippen LogP contribution is 2.26. The van der Waals surface area contributed by atoms with Crippen molar-refractivity contribution < 1.29 is 4.39 Å². The first-order valence-corrected chi connectivity index (χ1v) is 6.68. The third kappa shape index (κ3) is 3.22. The molecule has 2 nitrogen and oxygen atoms in total. The van der Waals surface area contributed by atoms with Crippen molar-refractivity contribution >= 4 is 28.9 Å². The number of anilines is 1. The fourth-order valence-electron chi connectivity index (χ4n) is 1.81. The highest BCUT2D eigenvalue weighted by Gasteiger charge is 2.09. The van der Waals surface area contributed by atoms with Gasteiger partial charge in [0.05, 0.1) is 15.6 Å². The summed E-state index contributed by atoms with van der Waals surface area (Å²) in [6.07, 6.45) is 0. The lowest BCUT2D eigenvalue weighted by molar-refractivity contribution is 0.624. The molecular weight excluding hydrogens is 298 g/mol. The normalized spacial score (nSPS) is 11.8. The molecule has 0 aromatic heterocycles. The fraction of sp³-hybridized carbons (Fsp3) is 0.133. The van der Waals surface area contributed by atoms with Gasteiger partial charge in [0.1, 0.15) is 11.9 Å². The lowest BCUT2D eigenvalue weighted by Gasteiger charge is -2.16. The summed E-state index contributed by atoms with van der Waals surface area (Å²) < 4.78 is 13.4. The van der Waals surface area contributed by atoms with Crippen molar-refractivity contribution in [1.29, 1.82) is 5.26 Å². The van der Waals surface area contributed by atoms with Crippen LogP contribution in [-0.4, -0.2) is 0 Å². The Morgan fingerprint density at radius 1 is 1.15 bits per heavy atom. The average molecular weight is 309 g/mol. The van der Waals surface area contributed by atoms with Gasteiger partial charge < -0.3 is 5.32 Å². The Balaban J connectivity index is 2.19. The van der Waals surface area contributed by atoms with Crippen molar-refractivity contribution in [3.63, 3.8) is 0 Å². The van der Waals surface area contributed by atoms with E-state index >= 15 is 0 Å². The first kappa shape index (κ1) is 14.6. The molecule has 102 valence electrons. The van der Waals surface area contributed by atoms with Crippen LogP contribution in [0.4, 0.5) is 10.1 Å². The molecule has 1 atom stereocenters. The molecule has 5 heteroatoms. The van der Waals surface area contributed by atoms with Gasteiger partial charge in [0.25, 0.3) is 0 Å². The molecule has 0 heterocycles. The third-order valence-corrected chi connectivity index (χ3v) is 3.54. The van der Waals surface area contributed by atoms with Crippen molar-refractivity contribution in [3.8, 4) is 6.07 Å². The van der Waals surface area contributed by atoms with Crippen molar-refractivity contribution in [3.05, 3.63) is 63.4 Å². The average Bonchev–Trinajstić information content (AvgIpc) is 2.42. The van der Waals surface area contributed by atoms with Crippen LogP contribution in [0.1, 0.15) is 24.1 Å². The van der Waals surface area contributed by atoms with Gasteiger partial charge in [0.2, 0.25) is 0 Å². The van der Waals surface area contributed by atoms with E-state index in [1.54, 1.807) is 24.3 Å². The number of nitriles is 1. The Labute approximate surface area is 126 Å². The molecule has 2 rings (SSSR count). The van der Waals surface area contributed by atoms with Crippen LogP contribution < -0.4 is 5.32 Å². The van der Waals surface area contributed by atoms with Crippen LogP contribution in [0.5, 0.6) is 0 Å². The Bertz CT molecular complexity index is 680. The molecule has 2 aromatic rings. The van der Waals surface area contributed by atoms with E-state index in [9.17, 15) is 4.39 Å². The molecule has 0 amide bonds. The molecule has 0 radical (unpaired) electrons. The van der Waals surface area contributed by atoms with E-state index in [1.807, 2.05) is 13.0 Å². The van der Waals surface area contributed by atoms with Gasteiger partial charge in [0.15, 0.2) is 0 Å². The van der Waals surface area contributed by atoms with Crippen LogP contribution in [-0.2, 0) is 0 Å². The van der Waals surface area contributed by atoms with Gasteiger partial charge in [-0.2, -0.15) is 5.26 Å². The Kier molecular flexibility index (Phi) is 4.49. The molecule has 0 saturated heterocycles. The Morgan fingerprint density at radius 2 is 1.90 bits per heavy atom. The van der Waals surface area contributed by atoms with E-state index < -0.39 is 5.82 Å². The number of rotatable bonds is 3. The number of hydrogen-bond donors (Lipinski definition) is 1. The molecule has 0 spiro atoms. The molecule has 0 bridgehead atoms. The number of hydrogen-bond acceptors (Lipinski definition) is 2. The number of nitrogens with zero attached hydrogens (tertiary/aromatic N) is 1. The standard InChI is InChI=1S/C15H11Cl2FN2/c1-9(10-3-5-13(16)15(18)6-10)20-12-4-2-11(8-19)14(17)7-12/h2-7,9,20H,1H3. The third-order valence-electron chi connectivity index (χ3n) is 2.92. The maximum Gasteiger partial charge on any atom is 0.142 e. The molecule has 1 N–H and O–H groups in total. The highest BCUT2D eigenvalue weighted by atomic mass is 35.5. The minimum Gasteiger partial charge on any atom is -0.378 e. The summed E-state index contributed by atoms with van der Waals surface area (Å²) in [6.45, 7) is 1.90. The monoisotopic (exact) mass is 308 g/mol. The van der Waals surface area contributed by atoms with Gasteiger partial charge in [-0.05, 0) is 42.8 Å². The van der Waals surface area contributed by atoms with E-state index in [-0.39, 0.29) is 11.1 Å². The predicted molar refractivity (Wildman–Crippen MR) is 79.6 cm³/mol. The Hall–Kier alpha value is -1.76. The van der Waals surface area contributed by atoms with E-state index in [0.717, 1.165) is 11.3 Å². The van der Waals surface area contributed by atoms with E-state index in [2.05, 4.69) is 5.32 Å². The molecule has 2 aromatic carbocycles. The van der Waals surface area contributed by atoms with Gasteiger partial charge in [-0.3, -0.25) is 0 Å². The quantitative estimate of drug-likeness (QED) is 0.848. The van der Waals surface area contributed by atoms with Gasteiger partial charge >= 0.3 is 0 Å². The summed E-state index contributed by atoms with van der Waals surface area (Å²) in [6, 6.07) is 11.6. The van der Waals surface area contributed by atoms with Crippen molar-refractivity contribution in [2.45, 2.75) is 13.0 Å². The summed E-state index contributed by atoms with van der Waals surface area (Å²) >= 11 is 11.6. The second kappa shape index (κ2) is 6.13. The number of nitrogens with one attached hydrogen (secondary N) is 1. The first-order chi connectivity index (χ1) is 9.51. The zero-order chi connectivity index (χ0) is 14.7. The van der Waals surface area contributed by atoms with Crippen LogP contribution >= 0.6 is 23.2 Å². The fourth-order valence-corrected chi connectivity index (χ4v) is 2.15. The molecule has 0 fully saturated rings. The summed E-state index contributed by atoms with van der Waals surface area (Å²) in [5.41, 5.74) is 1.95. The summed E-state index contributed by atoms with van der Waals surface area (Å²) in [7, 11) is 0. The van der Waals surface area contributed by atoms with E-state index in [4.69, 9.17) is 28.5 Å². The lowest BCUT2D eigenvalue weighted by atomic mass is 10.1. The van der Waals surface area contributed by atoms with Crippen LogP contribution in [0.2, 0.25) is 10.0 Å². The second-order valence-electron chi connectivity index (χ2n) is 4.35. The molecule has 0 saturated carbocycles. The van der Waals surface area contributed by atoms with Gasteiger partial charge in [-0.15, -0.1) is 0 Å². The van der Waals surface area contributed by atoms with Crippen molar-refractivity contribution in [2.24, 2.45) is 0 Å². The largest absolute Gasteiger partial charge is 0.378 e. The van der Waals surface area contributed by atoms with Crippen LogP contribution in [0.3, 0.4) is 0 Å². The van der Waals surface area contributed by atoms with Crippen molar-refractivity contribution in [2.75, 3.05) is 5.32 Å². The maximum absolute atomic E-state index is 13.4. The zero-order valence-electron chi connectivity index (χ0n) is 10.6. The molecule has 0 aliphatic rings. The van der Waals surface area contributed by atoms with Crippen molar-refractivity contribution in [1.82, 2.24) is 0 Å². The lowest BCUT2D eigenvalue weighted by Crippen LogP contribution is -2.07. The van der Waals surface area contributed by atoms with Gasteiger partial charge in [-0.25, -0.2) is 4.39 Å². The Morgan fingerprint density at radius 3 is 2.50 bits per heavy atom. The topological polar surface area (TPSA) is 35.8 Å². The first-order valence-electron chi connectivity index (χ1n) is 5.92. The second-order valence-corrected chi connectivity index (χ2v) is 5.16. The SMILES string of the molecule is CC(Nc1ccc(C#N)c(Cl)c1)c1ccc(Cl)c(F)c1. The molecule has 20 heavy (non-hydrogen) atoms. The molecule has 0 aliphatic heterocycles. The van der Waals surface area contributed by atoms with E-state index in [1.165, 1.54) is 12.1 Å². The molecule has 1 unspecified atom stereocenters. The summed E-state index contributed by atoms with van der Waals surface area (Å²) in [4.78, 5) is 0.